The van der Waals surface area contributed by atoms with Crippen molar-refractivity contribution >= 4 is 0 Å². The lowest BCUT2D eigenvalue weighted by atomic mass is 9.85. The Kier molecular flexibility index (Phi) is 7.04. The first-order valence-corrected chi connectivity index (χ1v) is 8.37. The highest BCUT2D eigenvalue weighted by Gasteiger charge is 2.23. The van der Waals surface area contributed by atoms with Gasteiger partial charge in [-0.15, -0.1) is 0 Å². The largest absolute Gasteiger partial charge is 0.493 e. The average molecular weight is 291 g/mol. The van der Waals surface area contributed by atoms with Crippen LogP contribution in [-0.4, -0.2) is 19.3 Å². The van der Waals surface area contributed by atoms with Crippen molar-refractivity contribution in [3.05, 3.63) is 29.8 Å². The average Bonchev–Trinajstić information content (AvgIpc) is 2.55. The molecule has 0 saturated heterocycles. The van der Waals surface area contributed by atoms with Crippen LogP contribution in [0.1, 0.15) is 51.0 Å². The summed E-state index contributed by atoms with van der Waals surface area (Å²) in [6.45, 7) is 4.34. The molecule has 0 amide bonds. The SMILES string of the molecule is CCC1CCCCC1OCCCOc1cccc(CN)c1. The van der Waals surface area contributed by atoms with E-state index in [2.05, 4.69) is 6.92 Å². The number of rotatable bonds is 8. The van der Waals surface area contributed by atoms with Crippen molar-refractivity contribution in [1.29, 1.82) is 0 Å². The molecule has 0 spiro atoms. The molecule has 1 aromatic carbocycles. The molecule has 3 heteroatoms. The molecule has 118 valence electrons. The number of ether oxygens (including phenoxy) is 2. The first-order chi connectivity index (χ1) is 10.3. The van der Waals surface area contributed by atoms with Crippen molar-refractivity contribution in [2.45, 2.75) is 58.1 Å². The van der Waals surface area contributed by atoms with E-state index in [0.29, 0.717) is 19.3 Å². The van der Waals surface area contributed by atoms with Crippen LogP contribution in [0, 0.1) is 5.92 Å². The number of nitrogens with two attached hydrogens (primary N) is 1. The van der Waals surface area contributed by atoms with Crippen LogP contribution in [0.5, 0.6) is 5.75 Å². The minimum absolute atomic E-state index is 0.476. The van der Waals surface area contributed by atoms with Gasteiger partial charge in [-0.1, -0.05) is 38.3 Å². The molecule has 0 aliphatic heterocycles. The molecule has 1 aliphatic rings. The minimum atomic E-state index is 0.476. The van der Waals surface area contributed by atoms with E-state index in [-0.39, 0.29) is 0 Å². The Hall–Kier alpha value is -1.06. The van der Waals surface area contributed by atoms with Crippen molar-refractivity contribution in [2.24, 2.45) is 11.7 Å². The molecule has 2 rings (SSSR count). The molecular weight excluding hydrogens is 262 g/mol. The maximum atomic E-state index is 6.07. The lowest BCUT2D eigenvalue weighted by molar-refractivity contribution is -0.0158. The Morgan fingerprint density at radius 3 is 2.86 bits per heavy atom. The van der Waals surface area contributed by atoms with E-state index in [9.17, 15) is 0 Å². The minimum Gasteiger partial charge on any atom is -0.493 e. The fraction of sp³-hybridized carbons (Fsp3) is 0.667. The summed E-state index contributed by atoms with van der Waals surface area (Å²) < 4.78 is 11.8. The van der Waals surface area contributed by atoms with Gasteiger partial charge in [-0.3, -0.25) is 0 Å². The summed E-state index contributed by atoms with van der Waals surface area (Å²) in [7, 11) is 0. The van der Waals surface area contributed by atoms with Crippen molar-refractivity contribution in [1.82, 2.24) is 0 Å². The second-order valence-electron chi connectivity index (χ2n) is 5.92. The summed E-state index contributed by atoms with van der Waals surface area (Å²) in [5, 5.41) is 0. The Labute approximate surface area is 128 Å². The van der Waals surface area contributed by atoms with Gasteiger partial charge in [-0.05, 0) is 36.5 Å². The topological polar surface area (TPSA) is 44.5 Å². The van der Waals surface area contributed by atoms with Crippen molar-refractivity contribution in [2.75, 3.05) is 13.2 Å². The molecule has 1 aliphatic carbocycles. The molecule has 0 heterocycles. The molecule has 1 fully saturated rings. The lowest BCUT2D eigenvalue weighted by Gasteiger charge is -2.30. The van der Waals surface area contributed by atoms with Crippen LogP contribution in [0.25, 0.3) is 0 Å². The summed E-state index contributed by atoms with van der Waals surface area (Å²) in [5.41, 5.74) is 6.74. The number of hydrogen-bond donors (Lipinski definition) is 1. The third-order valence-corrected chi connectivity index (χ3v) is 4.39. The maximum absolute atomic E-state index is 6.07. The van der Waals surface area contributed by atoms with Crippen molar-refractivity contribution in [3.8, 4) is 5.75 Å². The van der Waals surface area contributed by atoms with E-state index >= 15 is 0 Å². The highest BCUT2D eigenvalue weighted by molar-refractivity contribution is 5.28. The van der Waals surface area contributed by atoms with Crippen LogP contribution in [0.3, 0.4) is 0 Å². The van der Waals surface area contributed by atoms with Crippen LogP contribution in [0.4, 0.5) is 0 Å². The van der Waals surface area contributed by atoms with Gasteiger partial charge in [0.1, 0.15) is 5.75 Å². The van der Waals surface area contributed by atoms with Gasteiger partial charge < -0.3 is 15.2 Å². The summed E-state index contributed by atoms with van der Waals surface area (Å²) in [6.07, 6.45) is 7.93. The summed E-state index contributed by atoms with van der Waals surface area (Å²) >= 11 is 0. The molecule has 1 aromatic rings. The number of hydrogen-bond acceptors (Lipinski definition) is 3. The molecule has 2 N–H and O–H groups in total. The van der Waals surface area contributed by atoms with E-state index in [0.717, 1.165) is 30.3 Å². The fourth-order valence-electron chi connectivity index (χ4n) is 3.11. The van der Waals surface area contributed by atoms with E-state index in [1.165, 1.54) is 32.1 Å². The van der Waals surface area contributed by atoms with Gasteiger partial charge in [-0.25, -0.2) is 0 Å². The predicted molar refractivity (Wildman–Crippen MR) is 86.4 cm³/mol. The quantitative estimate of drug-likeness (QED) is 0.739. The van der Waals surface area contributed by atoms with Crippen LogP contribution in [0.2, 0.25) is 0 Å². The monoisotopic (exact) mass is 291 g/mol. The second-order valence-corrected chi connectivity index (χ2v) is 5.92. The molecule has 2 atom stereocenters. The Balaban J connectivity index is 1.63. The molecule has 1 saturated carbocycles. The summed E-state index contributed by atoms with van der Waals surface area (Å²) in [5.74, 6) is 1.67. The van der Waals surface area contributed by atoms with Crippen molar-refractivity contribution < 1.29 is 9.47 Å². The zero-order valence-corrected chi connectivity index (χ0v) is 13.2. The smallest absolute Gasteiger partial charge is 0.119 e. The van der Waals surface area contributed by atoms with Gasteiger partial charge in [0.15, 0.2) is 0 Å². The maximum Gasteiger partial charge on any atom is 0.119 e. The van der Waals surface area contributed by atoms with Gasteiger partial charge in [-0.2, -0.15) is 0 Å². The first kappa shape index (κ1) is 16.3. The van der Waals surface area contributed by atoms with E-state index in [1.807, 2.05) is 24.3 Å². The molecule has 2 unspecified atom stereocenters. The highest BCUT2D eigenvalue weighted by atomic mass is 16.5. The summed E-state index contributed by atoms with van der Waals surface area (Å²) in [6, 6.07) is 8.00. The van der Waals surface area contributed by atoms with Crippen LogP contribution in [-0.2, 0) is 11.3 Å². The molecule has 0 aromatic heterocycles. The third kappa shape index (κ3) is 5.33. The van der Waals surface area contributed by atoms with E-state index < -0.39 is 0 Å². The van der Waals surface area contributed by atoms with Gasteiger partial charge in [0, 0.05) is 13.0 Å². The third-order valence-electron chi connectivity index (χ3n) is 4.39. The Bertz CT molecular complexity index is 408. The lowest BCUT2D eigenvalue weighted by Crippen LogP contribution is -2.27. The van der Waals surface area contributed by atoms with E-state index in [1.54, 1.807) is 0 Å². The normalized spacial score (nSPS) is 22.2. The predicted octanol–water partition coefficient (Wildman–Crippen LogP) is 3.90. The zero-order chi connectivity index (χ0) is 14.9. The van der Waals surface area contributed by atoms with Gasteiger partial charge >= 0.3 is 0 Å². The van der Waals surface area contributed by atoms with Gasteiger partial charge in [0.05, 0.1) is 19.3 Å². The Morgan fingerprint density at radius 2 is 2.05 bits per heavy atom. The van der Waals surface area contributed by atoms with Crippen LogP contribution in [0.15, 0.2) is 24.3 Å². The first-order valence-electron chi connectivity index (χ1n) is 8.37. The molecule has 0 radical (unpaired) electrons. The van der Waals surface area contributed by atoms with Crippen LogP contribution >= 0.6 is 0 Å². The zero-order valence-electron chi connectivity index (χ0n) is 13.2. The van der Waals surface area contributed by atoms with Crippen LogP contribution < -0.4 is 10.5 Å². The molecule has 3 nitrogen and oxygen atoms in total. The highest BCUT2D eigenvalue weighted by Crippen LogP contribution is 2.29. The van der Waals surface area contributed by atoms with E-state index in [4.69, 9.17) is 15.2 Å². The molecule has 0 bridgehead atoms. The second kappa shape index (κ2) is 9.06. The Morgan fingerprint density at radius 1 is 1.19 bits per heavy atom. The molecule has 21 heavy (non-hydrogen) atoms. The number of benzene rings is 1. The molecular formula is C18H29NO2. The van der Waals surface area contributed by atoms with Gasteiger partial charge in [0.25, 0.3) is 0 Å². The summed E-state index contributed by atoms with van der Waals surface area (Å²) in [4.78, 5) is 0. The fourth-order valence-corrected chi connectivity index (χ4v) is 3.11. The standard InChI is InChI=1S/C18H29NO2/c1-2-16-8-3-4-10-18(16)21-12-6-11-20-17-9-5-7-15(13-17)14-19/h5,7,9,13,16,18H,2-4,6,8,10-12,14,19H2,1H3. The van der Waals surface area contributed by atoms with Crippen molar-refractivity contribution in [3.63, 3.8) is 0 Å². The van der Waals surface area contributed by atoms with Gasteiger partial charge in [0.2, 0.25) is 0 Å².